The molecule has 0 bridgehead atoms. The number of aromatic nitrogens is 1. The molecule has 3 aromatic rings. The lowest BCUT2D eigenvalue weighted by Crippen LogP contribution is -2.43. The molecule has 1 aliphatic rings. The lowest BCUT2D eigenvalue weighted by atomic mass is 10.2. The van der Waals surface area contributed by atoms with E-state index in [1.165, 1.54) is 10.3 Å². The molecule has 11 nitrogen and oxygen atoms in total. The zero-order valence-corrected chi connectivity index (χ0v) is 19.8. The molecule has 0 radical (unpaired) electrons. The van der Waals surface area contributed by atoms with Crippen molar-refractivity contribution in [1.29, 1.82) is 0 Å². The second kappa shape index (κ2) is 10.2. The van der Waals surface area contributed by atoms with E-state index in [4.69, 9.17) is 4.74 Å². The van der Waals surface area contributed by atoms with Gasteiger partial charge >= 0.3 is 6.09 Å². The topological polar surface area (TPSA) is 149 Å². The molecule has 2 aromatic carbocycles. The highest BCUT2D eigenvalue weighted by Crippen LogP contribution is 2.27. The van der Waals surface area contributed by atoms with Gasteiger partial charge in [0.25, 0.3) is 5.69 Å². The second-order valence-corrected chi connectivity index (χ2v) is 10.4. The third-order valence-electron chi connectivity index (χ3n) is 5.34. The second-order valence-electron chi connectivity index (χ2n) is 7.63. The lowest BCUT2D eigenvalue weighted by Gasteiger charge is -2.22. The molecule has 1 atom stereocenters. The number of carbonyl (C=O) groups excluding carboxylic acids is 2. The first-order chi connectivity index (χ1) is 16.8. The zero-order chi connectivity index (χ0) is 25.0. The summed E-state index contributed by atoms with van der Waals surface area (Å²) < 4.78 is 30.9. The Morgan fingerprint density at radius 2 is 1.89 bits per heavy atom. The lowest BCUT2D eigenvalue weighted by molar-refractivity contribution is -0.384. The average molecular weight is 517 g/mol. The number of likely N-dealkylation sites (tertiary alicyclic amines) is 1. The number of carbonyl (C=O) groups is 2. The van der Waals surface area contributed by atoms with E-state index < -0.39 is 32.8 Å². The molecule has 2 amide bonds. The van der Waals surface area contributed by atoms with E-state index in [0.717, 1.165) is 41.2 Å². The highest BCUT2D eigenvalue weighted by molar-refractivity contribution is 7.91. The Kier molecular flexibility index (Phi) is 7.07. The van der Waals surface area contributed by atoms with Crippen LogP contribution in [-0.4, -0.2) is 47.8 Å². The van der Waals surface area contributed by atoms with Crippen LogP contribution in [0, 0.1) is 10.1 Å². The molecule has 1 aliphatic heterocycles. The first kappa shape index (κ1) is 24.3. The van der Waals surface area contributed by atoms with E-state index >= 15 is 0 Å². The third kappa shape index (κ3) is 5.46. The van der Waals surface area contributed by atoms with Crippen molar-refractivity contribution in [3.8, 4) is 0 Å². The molecule has 35 heavy (non-hydrogen) atoms. The largest absolute Gasteiger partial charge is 0.445 e. The van der Waals surface area contributed by atoms with Crippen LogP contribution in [0.4, 0.5) is 15.6 Å². The maximum absolute atomic E-state index is 12.8. The molecule has 1 fully saturated rings. The van der Waals surface area contributed by atoms with Crippen LogP contribution in [0.25, 0.3) is 0 Å². The van der Waals surface area contributed by atoms with Crippen LogP contribution < -0.4 is 5.32 Å². The van der Waals surface area contributed by atoms with Gasteiger partial charge in [-0.3, -0.25) is 19.8 Å². The summed E-state index contributed by atoms with van der Waals surface area (Å²) in [6.07, 6.45) is 0.453. The van der Waals surface area contributed by atoms with Gasteiger partial charge in [0.15, 0.2) is 10.2 Å². The van der Waals surface area contributed by atoms with Crippen LogP contribution in [-0.2, 0) is 26.0 Å². The van der Waals surface area contributed by atoms with Gasteiger partial charge in [-0.05, 0) is 30.5 Å². The molecule has 0 spiro atoms. The van der Waals surface area contributed by atoms with Crippen LogP contribution in [0.3, 0.4) is 0 Å². The number of hydrogen-bond donors (Lipinski definition) is 1. The minimum absolute atomic E-state index is 0.0555. The number of hydrogen-bond acceptors (Lipinski definition) is 9. The van der Waals surface area contributed by atoms with Crippen molar-refractivity contribution in [3.05, 3.63) is 75.7 Å². The van der Waals surface area contributed by atoms with Crippen LogP contribution in [0.2, 0.25) is 0 Å². The van der Waals surface area contributed by atoms with E-state index in [2.05, 4.69) is 10.3 Å². The van der Waals surface area contributed by atoms with Crippen LogP contribution in [0.5, 0.6) is 0 Å². The number of thiazole rings is 1. The molecule has 2 heterocycles. The van der Waals surface area contributed by atoms with E-state index in [9.17, 15) is 28.1 Å². The molecular weight excluding hydrogens is 496 g/mol. The third-order valence-corrected chi connectivity index (χ3v) is 7.90. The number of anilines is 1. The Labute approximate surface area is 204 Å². The molecule has 0 unspecified atom stereocenters. The van der Waals surface area contributed by atoms with Crippen molar-refractivity contribution in [1.82, 2.24) is 9.88 Å². The van der Waals surface area contributed by atoms with Crippen LogP contribution in [0.1, 0.15) is 18.4 Å². The Balaban J connectivity index is 1.40. The van der Waals surface area contributed by atoms with Crippen molar-refractivity contribution < 1.29 is 27.7 Å². The van der Waals surface area contributed by atoms with E-state index in [-0.39, 0.29) is 27.3 Å². The molecule has 13 heteroatoms. The molecule has 1 N–H and O–H groups in total. The number of sulfone groups is 1. The molecule has 1 saturated heterocycles. The number of nitro groups is 1. The smallest absolute Gasteiger partial charge is 0.410 e. The summed E-state index contributed by atoms with van der Waals surface area (Å²) in [5.41, 5.74) is 0.587. The van der Waals surface area contributed by atoms with Crippen molar-refractivity contribution >= 4 is 44.0 Å². The van der Waals surface area contributed by atoms with Crippen LogP contribution in [0.15, 0.2) is 69.9 Å². The Morgan fingerprint density at radius 1 is 1.17 bits per heavy atom. The maximum atomic E-state index is 12.8. The molecular formula is C22H20N4O7S2. The molecule has 4 rings (SSSR count). The standard InChI is InChI=1S/C22H20N4O7S2/c27-20(18-7-4-12-25(18)22(28)33-13-15-5-2-1-3-6-15)24-21-23-19(14-34-21)35(31,32)17-10-8-16(9-11-17)26(29)30/h1-3,5-6,8-11,14,18H,4,7,12-13H2,(H,23,24,27)/t18-/m1/s1. The summed E-state index contributed by atoms with van der Waals surface area (Å²) in [6, 6.07) is 12.8. The van der Waals surface area contributed by atoms with E-state index in [1.54, 1.807) is 0 Å². The summed E-state index contributed by atoms with van der Waals surface area (Å²) in [4.78, 5) is 40.7. The van der Waals surface area contributed by atoms with Crippen molar-refractivity contribution in [2.24, 2.45) is 0 Å². The number of nitrogens with zero attached hydrogens (tertiary/aromatic N) is 3. The Hall–Kier alpha value is -3.84. The summed E-state index contributed by atoms with van der Waals surface area (Å²) in [5, 5.41) is 14.4. The van der Waals surface area contributed by atoms with Gasteiger partial charge in [-0.1, -0.05) is 30.3 Å². The van der Waals surface area contributed by atoms with Gasteiger partial charge in [-0.15, -0.1) is 11.3 Å². The van der Waals surface area contributed by atoms with Crippen LogP contribution >= 0.6 is 11.3 Å². The van der Waals surface area contributed by atoms with E-state index in [1.807, 2.05) is 30.3 Å². The number of non-ortho nitro benzene ring substituents is 1. The Bertz CT molecular complexity index is 1340. The molecule has 0 aliphatic carbocycles. The van der Waals surface area contributed by atoms with Crippen molar-refractivity contribution in [2.45, 2.75) is 35.4 Å². The average Bonchev–Trinajstić information content (AvgIpc) is 3.54. The molecule has 0 saturated carbocycles. The van der Waals surface area contributed by atoms with Crippen molar-refractivity contribution in [3.63, 3.8) is 0 Å². The minimum Gasteiger partial charge on any atom is -0.445 e. The zero-order valence-electron chi connectivity index (χ0n) is 18.2. The summed E-state index contributed by atoms with van der Waals surface area (Å²) in [7, 11) is -4.03. The normalized spacial score (nSPS) is 15.5. The number of ether oxygens (including phenoxy) is 1. The number of amides is 2. The fourth-order valence-electron chi connectivity index (χ4n) is 3.56. The monoisotopic (exact) mass is 516 g/mol. The maximum Gasteiger partial charge on any atom is 0.410 e. The predicted octanol–water partition coefficient (Wildman–Crippen LogP) is 3.62. The fraction of sp³-hybridized carbons (Fsp3) is 0.227. The fourth-order valence-corrected chi connectivity index (χ4v) is 5.79. The summed E-state index contributed by atoms with van der Waals surface area (Å²) >= 11 is 0.918. The number of nitro benzene ring substituents is 1. The molecule has 1 aromatic heterocycles. The van der Waals surface area contributed by atoms with Gasteiger partial charge in [0.1, 0.15) is 12.6 Å². The first-order valence-corrected chi connectivity index (χ1v) is 12.9. The van der Waals surface area contributed by atoms with Gasteiger partial charge in [0.2, 0.25) is 15.7 Å². The van der Waals surface area contributed by atoms with Gasteiger partial charge < -0.3 is 10.1 Å². The Morgan fingerprint density at radius 3 is 2.57 bits per heavy atom. The minimum atomic E-state index is -4.03. The number of rotatable bonds is 7. The van der Waals surface area contributed by atoms with Crippen molar-refractivity contribution in [2.75, 3.05) is 11.9 Å². The quantitative estimate of drug-likeness (QED) is 0.370. The summed E-state index contributed by atoms with van der Waals surface area (Å²) in [6.45, 7) is 0.449. The molecule has 182 valence electrons. The summed E-state index contributed by atoms with van der Waals surface area (Å²) in [5.74, 6) is -0.493. The van der Waals surface area contributed by atoms with E-state index in [0.29, 0.717) is 19.4 Å². The number of nitrogens with one attached hydrogen (secondary N) is 1. The highest BCUT2D eigenvalue weighted by atomic mass is 32.2. The van der Waals surface area contributed by atoms with Gasteiger partial charge in [-0.2, -0.15) is 0 Å². The predicted molar refractivity (Wildman–Crippen MR) is 126 cm³/mol. The number of benzene rings is 2. The first-order valence-electron chi connectivity index (χ1n) is 10.5. The highest BCUT2D eigenvalue weighted by Gasteiger charge is 2.35. The SMILES string of the molecule is O=C(Nc1nc(S(=O)(=O)c2ccc([N+](=O)[O-])cc2)cs1)[C@H]1CCCN1C(=O)OCc1ccccc1. The van der Waals surface area contributed by atoms with Gasteiger partial charge in [0, 0.05) is 24.1 Å². The van der Waals surface area contributed by atoms with Gasteiger partial charge in [-0.25, -0.2) is 18.2 Å². The van der Waals surface area contributed by atoms with Gasteiger partial charge in [0.05, 0.1) is 9.82 Å².